The Kier molecular flexibility index (Phi) is 4.54. The van der Waals surface area contributed by atoms with Gasteiger partial charge >= 0.3 is 0 Å². The van der Waals surface area contributed by atoms with Crippen LogP contribution < -0.4 is 10.4 Å². The third-order valence-corrected chi connectivity index (χ3v) is 3.93. The van der Waals surface area contributed by atoms with Crippen molar-refractivity contribution in [1.82, 2.24) is 5.16 Å². The summed E-state index contributed by atoms with van der Waals surface area (Å²) in [5.41, 5.74) is 1.64. The Bertz CT molecular complexity index is 948. The summed E-state index contributed by atoms with van der Waals surface area (Å²) in [7, 11) is 0. The molecule has 0 aliphatic carbocycles. The Morgan fingerprint density at radius 2 is 1.80 bits per heavy atom. The number of carbonyl (C=O) groups is 2. The maximum Gasteiger partial charge on any atom is 0.261 e. The van der Waals surface area contributed by atoms with Crippen molar-refractivity contribution in [3.8, 4) is 11.3 Å². The highest BCUT2D eigenvalue weighted by Crippen LogP contribution is 2.31. The Hall–Kier alpha value is -3.12. The lowest BCUT2D eigenvalue weighted by Crippen LogP contribution is -2.22. The average Bonchev–Trinajstić information content (AvgIpc) is 2.97. The highest BCUT2D eigenvalue weighted by Gasteiger charge is 2.23. The molecule has 0 unspecified atom stereocenters. The molecule has 0 saturated heterocycles. The second-order valence-corrected chi connectivity index (χ2v) is 5.67. The maximum atomic E-state index is 12.6. The average molecular weight is 356 g/mol. The van der Waals surface area contributed by atoms with Gasteiger partial charge in [-0.25, -0.2) is 0 Å². The molecule has 3 aromatic rings. The Labute approximate surface area is 148 Å². The highest BCUT2D eigenvalue weighted by atomic mass is 35.5. The molecular weight excluding hydrogens is 344 g/mol. The van der Waals surface area contributed by atoms with Gasteiger partial charge in [-0.05, 0) is 30.7 Å². The molecule has 3 rings (SSSR count). The molecule has 0 bridgehead atoms. The number of carbonyl (C=O) groups excluding carboxylic acids is 2. The smallest absolute Gasteiger partial charge is 0.261 e. The fourth-order valence-electron chi connectivity index (χ4n) is 2.36. The van der Waals surface area contributed by atoms with Crippen molar-refractivity contribution in [2.45, 2.75) is 6.92 Å². The predicted molar refractivity (Wildman–Crippen MR) is 90.4 cm³/mol. The van der Waals surface area contributed by atoms with Gasteiger partial charge in [-0.15, -0.1) is 0 Å². The Morgan fingerprint density at radius 3 is 2.44 bits per heavy atom. The van der Waals surface area contributed by atoms with Crippen LogP contribution in [0.25, 0.3) is 11.3 Å². The van der Waals surface area contributed by atoms with Crippen LogP contribution in [0.3, 0.4) is 0 Å². The summed E-state index contributed by atoms with van der Waals surface area (Å²) in [6, 6.07) is 12.6. The second-order valence-electron chi connectivity index (χ2n) is 5.26. The number of aryl methyl sites for hydroxylation is 1. The summed E-state index contributed by atoms with van der Waals surface area (Å²) in [6.07, 6.45) is 0. The summed E-state index contributed by atoms with van der Waals surface area (Å²) in [4.78, 5) is 23.4. The first-order chi connectivity index (χ1) is 12.0. The molecule has 0 spiro atoms. The van der Waals surface area contributed by atoms with Crippen molar-refractivity contribution < 1.29 is 19.2 Å². The molecule has 126 valence electrons. The molecule has 25 heavy (non-hydrogen) atoms. The van der Waals surface area contributed by atoms with Crippen molar-refractivity contribution in [2.75, 3.05) is 5.32 Å². The van der Waals surface area contributed by atoms with Crippen LogP contribution >= 0.6 is 11.6 Å². The molecule has 0 fully saturated rings. The number of amides is 1. The van der Waals surface area contributed by atoms with Crippen LogP contribution in [-0.2, 0) is 0 Å². The minimum absolute atomic E-state index is 0.0240. The van der Waals surface area contributed by atoms with Gasteiger partial charge in [0.05, 0.1) is 11.0 Å². The van der Waals surface area contributed by atoms with Gasteiger partial charge in [-0.2, -0.15) is 0 Å². The van der Waals surface area contributed by atoms with Crippen LogP contribution in [0, 0.1) is 6.92 Å². The third-order valence-electron chi connectivity index (χ3n) is 3.60. The summed E-state index contributed by atoms with van der Waals surface area (Å²) in [5, 5.41) is 17.8. The van der Waals surface area contributed by atoms with Gasteiger partial charge in [0.2, 0.25) is 0 Å². The summed E-state index contributed by atoms with van der Waals surface area (Å²) in [5.74, 6) is -1.37. The SMILES string of the molecule is Cc1onc(-c2ccccc2Cl)c1C(=O)Nc1ccc(C(=O)[O-])cc1. The molecule has 0 saturated carbocycles. The van der Waals surface area contributed by atoms with Crippen molar-refractivity contribution in [2.24, 2.45) is 0 Å². The molecule has 0 aliphatic heterocycles. The van der Waals surface area contributed by atoms with E-state index in [1.165, 1.54) is 24.3 Å². The van der Waals surface area contributed by atoms with Crippen LogP contribution in [0.2, 0.25) is 5.02 Å². The maximum absolute atomic E-state index is 12.6. The number of hydrogen-bond acceptors (Lipinski definition) is 5. The van der Waals surface area contributed by atoms with E-state index in [9.17, 15) is 14.7 Å². The fraction of sp³-hybridized carbons (Fsp3) is 0.0556. The molecule has 1 amide bonds. The molecule has 1 N–H and O–H groups in total. The van der Waals surface area contributed by atoms with Crippen LogP contribution in [0.5, 0.6) is 0 Å². The zero-order valence-electron chi connectivity index (χ0n) is 13.1. The van der Waals surface area contributed by atoms with Crippen molar-refractivity contribution in [1.29, 1.82) is 0 Å². The Balaban J connectivity index is 1.92. The van der Waals surface area contributed by atoms with E-state index in [1.807, 2.05) is 0 Å². The molecule has 2 aromatic carbocycles. The number of carboxylic acid groups (broad SMARTS) is 1. The zero-order valence-corrected chi connectivity index (χ0v) is 13.8. The van der Waals surface area contributed by atoms with Gasteiger partial charge in [-0.1, -0.05) is 47.1 Å². The molecule has 0 aliphatic rings. The third kappa shape index (κ3) is 3.39. The summed E-state index contributed by atoms with van der Waals surface area (Å²) >= 11 is 6.18. The van der Waals surface area contributed by atoms with E-state index >= 15 is 0 Å². The van der Waals surface area contributed by atoms with E-state index in [1.54, 1.807) is 31.2 Å². The normalized spacial score (nSPS) is 10.5. The molecule has 7 heteroatoms. The lowest BCUT2D eigenvalue weighted by atomic mass is 10.1. The molecule has 1 aromatic heterocycles. The number of aromatic nitrogens is 1. The van der Waals surface area contributed by atoms with Gasteiger partial charge in [0.15, 0.2) is 0 Å². The minimum Gasteiger partial charge on any atom is -0.545 e. The first-order valence-electron chi connectivity index (χ1n) is 7.31. The number of carboxylic acids is 1. The Morgan fingerprint density at radius 1 is 1.12 bits per heavy atom. The summed E-state index contributed by atoms with van der Waals surface area (Å²) in [6.45, 7) is 1.63. The number of halogens is 1. The quantitative estimate of drug-likeness (QED) is 0.776. The van der Waals surface area contributed by atoms with E-state index in [0.29, 0.717) is 27.7 Å². The van der Waals surface area contributed by atoms with Crippen LogP contribution in [-0.4, -0.2) is 17.0 Å². The van der Waals surface area contributed by atoms with Gasteiger partial charge in [0.25, 0.3) is 5.91 Å². The molecule has 0 radical (unpaired) electrons. The number of nitrogens with one attached hydrogen (secondary N) is 1. The monoisotopic (exact) mass is 355 g/mol. The first-order valence-corrected chi connectivity index (χ1v) is 7.69. The number of benzene rings is 2. The van der Waals surface area contributed by atoms with Crippen molar-refractivity contribution in [3.63, 3.8) is 0 Å². The first kappa shape index (κ1) is 16.7. The van der Waals surface area contributed by atoms with Crippen molar-refractivity contribution >= 4 is 29.2 Å². The highest BCUT2D eigenvalue weighted by molar-refractivity contribution is 6.33. The van der Waals surface area contributed by atoms with Crippen LogP contribution in [0.15, 0.2) is 53.1 Å². The number of aromatic carboxylic acids is 1. The van der Waals surface area contributed by atoms with Crippen LogP contribution in [0.4, 0.5) is 5.69 Å². The molecule has 0 atom stereocenters. The predicted octanol–water partition coefficient (Wildman–Crippen LogP) is 2.92. The van der Waals surface area contributed by atoms with E-state index < -0.39 is 11.9 Å². The molecule has 6 nitrogen and oxygen atoms in total. The molecule has 1 heterocycles. The summed E-state index contributed by atoms with van der Waals surface area (Å²) < 4.78 is 5.16. The molecular formula is C18H12ClN2O4-. The minimum atomic E-state index is -1.28. The number of anilines is 1. The number of nitrogens with zero attached hydrogens (tertiary/aromatic N) is 1. The van der Waals surface area contributed by atoms with Gasteiger partial charge in [0.1, 0.15) is 17.0 Å². The fourth-order valence-corrected chi connectivity index (χ4v) is 2.59. The van der Waals surface area contributed by atoms with Crippen LogP contribution in [0.1, 0.15) is 26.5 Å². The van der Waals surface area contributed by atoms with E-state index in [2.05, 4.69) is 10.5 Å². The lowest BCUT2D eigenvalue weighted by Gasteiger charge is -2.08. The van der Waals surface area contributed by atoms with Gasteiger partial charge in [0, 0.05) is 11.3 Å². The lowest BCUT2D eigenvalue weighted by molar-refractivity contribution is -0.255. The number of rotatable bonds is 4. The van der Waals surface area contributed by atoms with Crippen molar-refractivity contribution in [3.05, 3.63) is 70.4 Å². The number of hydrogen-bond donors (Lipinski definition) is 1. The zero-order chi connectivity index (χ0) is 18.0. The van der Waals surface area contributed by atoms with E-state index in [4.69, 9.17) is 16.1 Å². The van der Waals surface area contributed by atoms with Gasteiger partial charge < -0.3 is 19.7 Å². The second kappa shape index (κ2) is 6.78. The van der Waals surface area contributed by atoms with Gasteiger partial charge in [-0.3, -0.25) is 4.79 Å². The van der Waals surface area contributed by atoms with E-state index in [-0.39, 0.29) is 11.1 Å². The topological polar surface area (TPSA) is 95.3 Å². The largest absolute Gasteiger partial charge is 0.545 e. The standard InChI is InChI=1S/C18H13ClN2O4/c1-10-15(16(21-25-10)13-4-2-3-5-14(13)19)17(22)20-12-8-6-11(7-9-12)18(23)24/h2-9H,1H3,(H,20,22)(H,23,24)/p-1. The van der Waals surface area contributed by atoms with E-state index in [0.717, 1.165) is 0 Å².